The van der Waals surface area contributed by atoms with Crippen molar-refractivity contribution in [1.82, 2.24) is 15.0 Å². The lowest BCUT2D eigenvalue weighted by atomic mass is 9.84. The van der Waals surface area contributed by atoms with Gasteiger partial charge < -0.3 is 15.6 Å². The Hall–Kier alpha value is -2.81. The van der Waals surface area contributed by atoms with Gasteiger partial charge in [-0.05, 0) is 25.0 Å². The molecule has 6 nitrogen and oxygen atoms in total. The van der Waals surface area contributed by atoms with Crippen molar-refractivity contribution in [3.8, 4) is 0 Å². The van der Waals surface area contributed by atoms with Gasteiger partial charge in [0.2, 0.25) is 5.92 Å². The molecule has 2 amide bonds. The number of carbonyl (C=O) groups excluding carboxylic acids is 1. The summed E-state index contributed by atoms with van der Waals surface area (Å²) >= 11 is 6.28. The van der Waals surface area contributed by atoms with Gasteiger partial charge in [-0.3, -0.25) is 4.98 Å². The molecule has 3 heterocycles. The van der Waals surface area contributed by atoms with Gasteiger partial charge in [-0.1, -0.05) is 11.6 Å². The van der Waals surface area contributed by atoms with Gasteiger partial charge in [0, 0.05) is 30.3 Å². The number of amides is 2. The Morgan fingerprint density at radius 3 is 2.66 bits per heavy atom. The van der Waals surface area contributed by atoms with Crippen molar-refractivity contribution in [2.45, 2.75) is 37.5 Å². The second-order valence-electron chi connectivity index (χ2n) is 7.05. The van der Waals surface area contributed by atoms with Gasteiger partial charge >= 0.3 is 6.03 Å². The van der Waals surface area contributed by atoms with Crippen LogP contribution in [0.5, 0.6) is 0 Å². The highest BCUT2D eigenvalue weighted by molar-refractivity contribution is 6.31. The van der Waals surface area contributed by atoms with E-state index in [1.807, 2.05) is 0 Å². The predicted octanol–water partition coefficient (Wildman–Crippen LogP) is 5.69. The molecule has 1 aliphatic carbocycles. The second-order valence-corrected chi connectivity index (χ2v) is 7.46. The maximum Gasteiger partial charge on any atom is 0.323 e. The Bertz CT molecular complexity index is 1060. The average molecular weight is 424 g/mol. The molecule has 3 N–H and O–H groups in total. The Labute approximate surface area is 168 Å². The SMILES string of the molecule is O=C(Nc1cnc(C2CCC(F)(F)CC2)c(Cl)c1)Nc1c[nH]c2ncc(F)cc12. The zero-order chi connectivity index (χ0) is 20.6. The highest BCUT2D eigenvalue weighted by Crippen LogP contribution is 2.42. The van der Waals surface area contributed by atoms with Crippen molar-refractivity contribution in [3.63, 3.8) is 0 Å². The van der Waals surface area contributed by atoms with Crippen LogP contribution in [0.25, 0.3) is 11.0 Å². The number of rotatable bonds is 3. The minimum Gasteiger partial charge on any atom is -0.344 e. The van der Waals surface area contributed by atoms with Gasteiger partial charge in [-0.15, -0.1) is 0 Å². The molecule has 0 saturated heterocycles. The monoisotopic (exact) mass is 423 g/mol. The number of halogens is 4. The number of nitrogens with zero attached hydrogens (tertiary/aromatic N) is 2. The minimum atomic E-state index is -2.62. The lowest BCUT2D eigenvalue weighted by Gasteiger charge is -2.28. The van der Waals surface area contributed by atoms with E-state index in [9.17, 15) is 18.0 Å². The molecule has 29 heavy (non-hydrogen) atoms. The largest absolute Gasteiger partial charge is 0.344 e. The number of hydrogen-bond acceptors (Lipinski definition) is 3. The van der Waals surface area contributed by atoms with Crippen LogP contribution >= 0.6 is 11.6 Å². The molecule has 1 fully saturated rings. The zero-order valence-corrected chi connectivity index (χ0v) is 15.9. The molecule has 3 aromatic rings. The van der Waals surface area contributed by atoms with Crippen LogP contribution in [0, 0.1) is 5.82 Å². The van der Waals surface area contributed by atoms with Crippen molar-refractivity contribution in [2.75, 3.05) is 10.6 Å². The van der Waals surface area contributed by atoms with E-state index in [4.69, 9.17) is 11.6 Å². The van der Waals surface area contributed by atoms with Gasteiger partial charge in [-0.25, -0.2) is 22.9 Å². The van der Waals surface area contributed by atoms with Crippen molar-refractivity contribution in [1.29, 1.82) is 0 Å². The number of anilines is 2. The van der Waals surface area contributed by atoms with Crippen LogP contribution in [0.1, 0.15) is 37.3 Å². The van der Waals surface area contributed by atoms with Crippen molar-refractivity contribution < 1.29 is 18.0 Å². The third kappa shape index (κ3) is 4.29. The first-order valence-corrected chi connectivity index (χ1v) is 9.42. The maximum atomic E-state index is 13.4. The summed E-state index contributed by atoms with van der Waals surface area (Å²) in [6.07, 6.45) is 4.28. The van der Waals surface area contributed by atoms with Crippen LogP contribution in [0.3, 0.4) is 0 Å². The topological polar surface area (TPSA) is 82.7 Å². The van der Waals surface area contributed by atoms with Crippen LogP contribution < -0.4 is 10.6 Å². The Morgan fingerprint density at radius 1 is 1.17 bits per heavy atom. The molecule has 0 unspecified atom stereocenters. The lowest BCUT2D eigenvalue weighted by molar-refractivity contribution is -0.0384. The summed E-state index contributed by atoms with van der Waals surface area (Å²) < 4.78 is 40.1. The van der Waals surface area contributed by atoms with Crippen molar-refractivity contribution in [2.24, 2.45) is 0 Å². The maximum absolute atomic E-state index is 13.4. The molecular weight excluding hydrogens is 407 g/mol. The van der Waals surface area contributed by atoms with Gasteiger partial charge in [0.15, 0.2) is 0 Å². The van der Waals surface area contributed by atoms with E-state index in [1.165, 1.54) is 24.5 Å². The van der Waals surface area contributed by atoms with Crippen LogP contribution in [-0.4, -0.2) is 26.9 Å². The number of H-pyrrole nitrogens is 1. The molecule has 0 aromatic carbocycles. The van der Waals surface area contributed by atoms with E-state index in [0.717, 1.165) is 6.20 Å². The molecule has 1 aliphatic rings. The van der Waals surface area contributed by atoms with E-state index >= 15 is 0 Å². The van der Waals surface area contributed by atoms with E-state index in [-0.39, 0.29) is 18.8 Å². The van der Waals surface area contributed by atoms with Crippen LogP contribution in [0.4, 0.5) is 29.3 Å². The van der Waals surface area contributed by atoms with Gasteiger partial charge in [0.1, 0.15) is 11.5 Å². The number of aromatic amines is 1. The predicted molar refractivity (Wildman–Crippen MR) is 104 cm³/mol. The van der Waals surface area contributed by atoms with E-state index < -0.39 is 17.8 Å². The first-order chi connectivity index (χ1) is 13.8. The summed E-state index contributed by atoms with van der Waals surface area (Å²) in [5.41, 5.74) is 1.71. The summed E-state index contributed by atoms with van der Waals surface area (Å²) in [6.45, 7) is 0. The number of fused-ring (bicyclic) bond motifs is 1. The summed E-state index contributed by atoms with van der Waals surface area (Å²) in [7, 11) is 0. The van der Waals surface area contributed by atoms with E-state index in [2.05, 4.69) is 25.6 Å². The molecule has 0 aliphatic heterocycles. The van der Waals surface area contributed by atoms with E-state index in [1.54, 1.807) is 0 Å². The first-order valence-electron chi connectivity index (χ1n) is 9.05. The van der Waals surface area contributed by atoms with Crippen LogP contribution in [0.15, 0.2) is 30.7 Å². The summed E-state index contributed by atoms with van der Waals surface area (Å²) in [5, 5.41) is 5.95. The molecule has 152 valence electrons. The third-order valence-electron chi connectivity index (χ3n) is 4.98. The lowest BCUT2D eigenvalue weighted by Crippen LogP contribution is -2.24. The number of aromatic nitrogens is 3. The normalized spacial score (nSPS) is 16.7. The van der Waals surface area contributed by atoms with Crippen molar-refractivity contribution in [3.05, 3.63) is 47.3 Å². The molecule has 0 bridgehead atoms. The molecule has 10 heteroatoms. The van der Waals surface area contributed by atoms with Gasteiger partial charge in [0.25, 0.3) is 0 Å². The summed E-state index contributed by atoms with van der Waals surface area (Å²) in [6, 6.07) is 2.22. The average Bonchev–Trinajstić information content (AvgIpc) is 3.04. The molecule has 3 aromatic heterocycles. The number of carbonyl (C=O) groups is 1. The highest BCUT2D eigenvalue weighted by Gasteiger charge is 2.36. The standard InChI is InChI=1S/C19H17ClF3N5O/c20-14-6-12(8-24-16(14)10-1-3-19(22,23)4-2-10)27-18(29)28-15-9-26-17-13(15)5-11(21)7-25-17/h5-10H,1-4H2,(H,25,26)(H2,27,28,29). The molecule has 0 radical (unpaired) electrons. The fourth-order valence-corrected chi connectivity index (χ4v) is 3.82. The Balaban J connectivity index is 1.43. The molecule has 0 spiro atoms. The molecule has 0 atom stereocenters. The number of pyridine rings is 2. The van der Waals surface area contributed by atoms with Crippen molar-refractivity contribution >= 4 is 40.0 Å². The molecular formula is C19H17ClF3N5O. The second kappa shape index (κ2) is 7.55. The minimum absolute atomic E-state index is 0.126. The first kappa shape index (κ1) is 19.5. The zero-order valence-electron chi connectivity index (χ0n) is 15.1. The Kier molecular flexibility index (Phi) is 5.08. The van der Waals surface area contributed by atoms with Crippen LogP contribution in [-0.2, 0) is 0 Å². The number of hydrogen-bond donors (Lipinski definition) is 3. The number of alkyl halides is 2. The molecule has 4 rings (SSSR count). The fraction of sp³-hybridized carbons (Fsp3) is 0.316. The quantitative estimate of drug-likeness (QED) is 0.506. The summed E-state index contributed by atoms with van der Waals surface area (Å²) in [5.74, 6) is -3.27. The smallest absolute Gasteiger partial charge is 0.323 e. The third-order valence-corrected chi connectivity index (χ3v) is 5.28. The Morgan fingerprint density at radius 2 is 1.93 bits per heavy atom. The van der Waals surface area contributed by atoms with E-state index in [0.29, 0.717) is 46.0 Å². The van der Waals surface area contributed by atoms with Crippen LogP contribution in [0.2, 0.25) is 5.02 Å². The van der Waals surface area contributed by atoms with Gasteiger partial charge in [0.05, 0.1) is 34.5 Å². The molecule has 1 saturated carbocycles. The summed E-state index contributed by atoms with van der Waals surface area (Å²) in [4.78, 5) is 23.3. The fourth-order valence-electron chi connectivity index (χ4n) is 3.50. The number of nitrogens with one attached hydrogen (secondary N) is 3. The highest BCUT2D eigenvalue weighted by atomic mass is 35.5. The number of urea groups is 1. The van der Waals surface area contributed by atoms with Gasteiger partial charge in [-0.2, -0.15) is 0 Å².